The number of aromatic amines is 4. The van der Waals surface area contributed by atoms with Gasteiger partial charge in [0.1, 0.15) is 0 Å². The summed E-state index contributed by atoms with van der Waals surface area (Å²) in [5.41, 5.74) is 11.8. The average Bonchev–Trinajstić information content (AvgIpc) is 3.97. The van der Waals surface area contributed by atoms with Crippen LogP contribution in [0.25, 0.3) is 22.3 Å². The molecule has 0 saturated carbocycles. The molecule has 0 aliphatic carbocycles. The van der Waals surface area contributed by atoms with Crippen molar-refractivity contribution in [3.8, 4) is 0 Å². The number of H-pyrrole nitrogens is 4. The lowest BCUT2D eigenvalue weighted by molar-refractivity contribution is 1.18. The first kappa shape index (κ1) is 30.2. The van der Waals surface area contributed by atoms with Crippen LogP contribution in [0.1, 0.15) is 45.0 Å². The van der Waals surface area contributed by atoms with Crippen LogP contribution in [0.5, 0.6) is 0 Å². The molecule has 0 unspecified atom stereocenters. The molecular formula is C40H26Br2N8. The van der Waals surface area contributed by atoms with E-state index in [9.17, 15) is 0 Å². The van der Waals surface area contributed by atoms with Gasteiger partial charge in [-0.15, -0.1) is 0 Å². The number of hydrogen-bond acceptors (Lipinski definition) is 4. The molecule has 50 heavy (non-hydrogen) atoms. The standard InChI is InChI=1S/C40H26Br2N8/c41-27-17-25(19-45-21-27)39-33-5-3-31(48-33)37(23-9-13-43-14-10-23)29-1-2-30(47-29)38(24-11-15-44-16-12-24)32-4-6-34(49-32)40(36-8-7-35(39)50-36)26-18-28(42)22-46-20-26/h1-22,47-50H. The van der Waals surface area contributed by atoms with Crippen molar-refractivity contribution in [3.63, 3.8) is 0 Å². The molecule has 0 saturated heterocycles. The van der Waals surface area contributed by atoms with Crippen LogP contribution in [0.3, 0.4) is 0 Å². The van der Waals surface area contributed by atoms with Gasteiger partial charge in [0.05, 0.1) is 0 Å². The smallest absolute Gasteiger partial charge is 0.0486 e. The summed E-state index contributed by atoms with van der Waals surface area (Å²) in [6, 6.07) is 29.4. The van der Waals surface area contributed by atoms with E-state index in [0.717, 1.165) is 97.7 Å². The lowest BCUT2D eigenvalue weighted by Crippen LogP contribution is -2.19. The molecule has 0 atom stereocenters. The summed E-state index contributed by atoms with van der Waals surface area (Å²) in [6.45, 7) is 0. The maximum atomic E-state index is 4.53. The van der Waals surface area contributed by atoms with Crippen LogP contribution < -0.4 is 21.4 Å². The van der Waals surface area contributed by atoms with Crippen LogP contribution in [0.4, 0.5) is 0 Å². The molecule has 8 aromatic rings. The zero-order valence-corrected chi connectivity index (χ0v) is 29.4. The SMILES string of the molecule is Brc1cncc(C2=c3ccc([nH]3)=C(c3ccncc3)c3ccc([nH]3)C(c3ccncc3)=c3ccc([nH]3)=C(c3cncc(Br)c3)c3ccc2[nH]3)c1. The molecule has 0 aromatic carbocycles. The van der Waals surface area contributed by atoms with E-state index in [1.807, 2.05) is 61.4 Å². The number of hydrogen-bond donors (Lipinski definition) is 4. The Bertz CT molecular complexity index is 2600. The van der Waals surface area contributed by atoms with Crippen LogP contribution in [0, 0.1) is 0 Å². The van der Waals surface area contributed by atoms with Crippen molar-refractivity contribution in [2.24, 2.45) is 0 Å². The monoisotopic (exact) mass is 776 g/mol. The average molecular weight is 779 g/mol. The Kier molecular flexibility index (Phi) is 7.59. The summed E-state index contributed by atoms with van der Waals surface area (Å²) in [6.07, 6.45) is 14.7. The van der Waals surface area contributed by atoms with Gasteiger partial charge in [0.15, 0.2) is 0 Å². The number of pyridine rings is 4. The lowest BCUT2D eigenvalue weighted by atomic mass is 10.0. The summed E-state index contributed by atoms with van der Waals surface area (Å²) in [5.74, 6) is 0. The molecule has 9 rings (SSSR count). The van der Waals surface area contributed by atoms with E-state index >= 15 is 0 Å². The second-order valence-electron chi connectivity index (χ2n) is 11.9. The van der Waals surface area contributed by atoms with E-state index in [1.165, 1.54) is 0 Å². The predicted molar refractivity (Wildman–Crippen MR) is 200 cm³/mol. The predicted octanol–water partition coefficient (Wildman–Crippen LogP) is 5.41. The third-order valence-corrected chi connectivity index (χ3v) is 9.69. The Morgan fingerprint density at radius 2 is 0.680 bits per heavy atom. The van der Waals surface area contributed by atoms with E-state index in [1.54, 1.807) is 12.4 Å². The molecule has 0 spiro atoms. The van der Waals surface area contributed by atoms with Gasteiger partial charge < -0.3 is 19.9 Å². The first-order chi connectivity index (χ1) is 24.6. The summed E-state index contributed by atoms with van der Waals surface area (Å²) < 4.78 is 1.78. The molecule has 0 fully saturated rings. The fraction of sp³-hybridized carbons (Fsp3) is 0. The van der Waals surface area contributed by atoms with Crippen LogP contribution in [0.2, 0.25) is 0 Å². The Labute approximate surface area is 302 Å². The van der Waals surface area contributed by atoms with Gasteiger partial charge in [-0.05, 0) is 128 Å². The normalized spacial score (nSPS) is 12.8. The highest BCUT2D eigenvalue weighted by Crippen LogP contribution is 2.28. The zero-order chi connectivity index (χ0) is 33.6. The topological polar surface area (TPSA) is 115 Å². The van der Waals surface area contributed by atoms with Crippen molar-refractivity contribution in [3.05, 3.63) is 210 Å². The minimum absolute atomic E-state index is 0.892. The van der Waals surface area contributed by atoms with Crippen LogP contribution in [-0.4, -0.2) is 39.9 Å². The molecule has 4 N–H and O–H groups in total. The first-order valence-corrected chi connectivity index (χ1v) is 17.5. The third-order valence-electron chi connectivity index (χ3n) is 8.82. The quantitative estimate of drug-likeness (QED) is 0.192. The van der Waals surface area contributed by atoms with Crippen LogP contribution >= 0.6 is 31.9 Å². The fourth-order valence-electron chi connectivity index (χ4n) is 6.71. The lowest BCUT2D eigenvalue weighted by Gasteiger charge is -2.09. The van der Waals surface area contributed by atoms with Gasteiger partial charge in [-0.25, -0.2) is 0 Å². The largest absolute Gasteiger partial charge is 0.354 e. The van der Waals surface area contributed by atoms with Crippen molar-refractivity contribution >= 4 is 54.2 Å². The number of fused-ring (bicyclic) bond motifs is 8. The van der Waals surface area contributed by atoms with Crippen LogP contribution in [0.15, 0.2) is 143 Å². The first-order valence-electron chi connectivity index (χ1n) is 15.9. The zero-order valence-electron chi connectivity index (χ0n) is 26.2. The Balaban J connectivity index is 1.44. The molecular weight excluding hydrogens is 752 g/mol. The van der Waals surface area contributed by atoms with E-state index in [2.05, 4.69) is 132 Å². The van der Waals surface area contributed by atoms with E-state index < -0.39 is 0 Å². The molecule has 8 bridgehead atoms. The maximum Gasteiger partial charge on any atom is 0.0486 e. The van der Waals surface area contributed by atoms with Crippen molar-refractivity contribution in [2.75, 3.05) is 0 Å². The number of rotatable bonds is 4. The molecule has 8 nitrogen and oxygen atoms in total. The fourth-order valence-corrected chi connectivity index (χ4v) is 7.44. The Morgan fingerprint density at radius 3 is 1.02 bits per heavy atom. The molecule has 8 aromatic heterocycles. The highest BCUT2D eigenvalue weighted by Gasteiger charge is 2.18. The summed E-state index contributed by atoms with van der Waals surface area (Å²) >= 11 is 7.30. The van der Waals surface area contributed by atoms with Gasteiger partial charge in [-0.1, -0.05) is 0 Å². The highest BCUT2D eigenvalue weighted by molar-refractivity contribution is 9.10. The number of nitrogens with one attached hydrogen (secondary N) is 4. The summed E-state index contributed by atoms with van der Waals surface area (Å²) in [7, 11) is 0. The van der Waals surface area contributed by atoms with E-state index in [-0.39, 0.29) is 0 Å². The van der Waals surface area contributed by atoms with Crippen molar-refractivity contribution in [1.82, 2.24) is 39.9 Å². The minimum atomic E-state index is 0.892. The van der Waals surface area contributed by atoms with E-state index in [0.29, 0.717) is 0 Å². The van der Waals surface area contributed by atoms with E-state index in [4.69, 9.17) is 0 Å². The van der Waals surface area contributed by atoms with Gasteiger partial charge in [0.25, 0.3) is 0 Å². The van der Waals surface area contributed by atoms with Gasteiger partial charge in [0, 0.05) is 136 Å². The second-order valence-corrected chi connectivity index (χ2v) is 13.7. The number of aromatic nitrogens is 8. The molecule has 9 heterocycles. The van der Waals surface area contributed by atoms with Gasteiger partial charge in [0.2, 0.25) is 0 Å². The maximum absolute atomic E-state index is 4.53. The molecule has 0 amide bonds. The third kappa shape index (κ3) is 5.48. The van der Waals surface area contributed by atoms with Gasteiger partial charge in [-0.2, -0.15) is 0 Å². The van der Waals surface area contributed by atoms with Gasteiger partial charge in [-0.3, -0.25) is 19.9 Å². The van der Waals surface area contributed by atoms with Gasteiger partial charge >= 0.3 is 0 Å². The molecule has 0 radical (unpaired) electrons. The molecule has 1 aliphatic rings. The molecule has 10 heteroatoms. The van der Waals surface area contributed by atoms with Crippen molar-refractivity contribution < 1.29 is 0 Å². The summed E-state index contributed by atoms with van der Waals surface area (Å²) in [5, 5.41) is 3.80. The number of halogens is 2. The minimum Gasteiger partial charge on any atom is -0.354 e. The second kappa shape index (κ2) is 12.6. The summed E-state index contributed by atoms with van der Waals surface area (Å²) in [4.78, 5) is 32.8. The van der Waals surface area contributed by atoms with Crippen LogP contribution in [-0.2, 0) is 0 Å². The highest BCUT2D eigenvalue weighted by atomic mass is 79.9. The molecule has 1 aliphatic heterocycles. The Hall–Kier alpha value is -5.84. The Morgan fingerprint density at radius 1 is 0.340 bits per heavy atom. The molecule has 240 valence electrons. The van der Waals surface area contributed by atoms with Crippen molar-refractivity contribution in [2.45, 2.75) is 0 Å². The van der Waals surface area contributed by atoms with Crippen molar-refractivity contribution in [1.29, 1.82) is 0 Å². The number of nitrogens with zero attached hydrogens (tertiary/aromatic N) is 4.